The molecule has 1 atom stereocenters. The van der Waals surface area contributed by atoms with Crippen LogP contribution in [-0.4, -0.2) is 37.1 Å². The van der Waals surface area contributed by atoms with Crippen molar-refractivity contribution >= 4 is 11.7 Å². The van der Waals surface area contributed by atoms with Crippen LogP contribution in [0.2, 0.25) is 0 Å². The van der Waals surface area contributed by atoms with Crippen LogP contribution in [0.15, 0.2) is 54.6 Å². The first kappa shape index (κ1) is 20.3. The molecule has 1 saturated heterocycles. The van der Waals surface area contributed by atoms with Gasteiger partial charge >= 0.3 is 6.03 Å². The molecule has 1 unspecified atom stereocenters. The molecule has 0 spiro atoms. The van der Waals surface area contributed by atoms with Gasteiger partial charge in [-0.3, -0.25) is 0 Å². The van der Waals surface area contributed by atoms with Gasteiger partial charge in [0.1, 0.15) is 5.82 Å². The number of hydrogen-bond donors (Lipinski definition) is 2. The lowest BCUT2D eigenvalue weighted by Crippen LogP contribution is -2.38. The number of nitrogens with zero attached hydrogens (tertiary/aromatic N) is 1. The fraction of sp³-hybridized carbons (Fsp3) is 0.435. The molecule has 0 radical (unpaired) electrons. The first-order valence-electron chi connectivity index (χ1n) is 10.3. The number of amides is 2. The summed E-state index contributed by atoms with van der Waals surface area (Å²) in [5.74, 6) is 0.457. The number of piperidine rings is 1. The Hall–Kier alpha value is -2.40. The van der Waals surface area contributed by atoms with E-state index in [0.717, 1.165) is 38.4 Å². The number of likely N-dealkylation sites (tertiary alicyclic amines) is 1. The van der Waals surface area contributed by atoms with E-state index < -0.39 is 0 Å². The van der Waals surface area contributed by atoms with Crippen molar-refractivity contribution < 1.29 is 9.18 Å². The van der Waals surface area contributed by atoms with Crippen LogP contribution < -0.4 is 10.6 Å². The van der Waals surface area contributed by atoms with E-state index in [1.54, 1.807) is 12.1 Å². The van der Waals surface area contributed by atoms with Crippen LogP contribution in [-0.2, 0) is 6.42 Å². The third kappa shape index (κ3) is 6.97. The standard InChI is InChI=1S/C23H30FN3O/c24-21-11-13-22(14-12-21)26-23(28)25-15-5-17-27-16-4-8-20(18-27)10-9-19-6-2-1-3-7-19/h1-3,6-7,11-14,20H,4-5,8-10,15-18H2,(H2,25,26,28). The average Bonchev–Trinajstić information content (AvgIpc) is 2.72. The highest BCUT2D eigenvalue weighted by Gasteiger charge is 2.19. The Labute approximate surface area is 167 Å². The molecule has 1 aliphatic heterocycles. The molecule has 0 bridgehead atoms. The number of aryl methyl sites for hydroxylation is 1. The fourth-order valence-electron chi connectivity index (χ4n) is 3.82. The predicted octanol–water partition coefficient (Wildman–Crippen LogP) is 4.68. The van der Waals surface area contributed by atoms with E-state index in [4.69, 9.17) is 0 Å². The van der Waals surface area contributed by atoms with Gasteiger partial charge in [0.25, 0.3) is 0 Å². The maximum Gasteiger partial charge on any atom is 0.319 e. The Morgan fingerprint density at radius 2 is 1.89 bits per heavy atom. The molecule has 4 nitrogen and oxygen atoms in total. The molecule has 5 heteroatoms. The SMILES string of the molecule is O=C(NCCCN1CCCC(CCc2ccccc2)C1)Nc1ccc(F)cc1. The molecule has 2 aromatic rings. The average molecular weight is 384 g/mol. The molecule has 1 fully saturated rings. The number of carbonyl (C=O) groups is 1. The summed E-state index contributed by atoms with van der Waals surface area (Å²) >= 11 is 0. The second-order valence-electron chi connectivity index (χ2n) is 7.57. The van der Waals surface area contributed by atoms with Crippen molar-refractivity contribution in [3.8, 4) is 0 Å². The van der Waals surface area contributed by atoms with Gasteiger partial charge in [0.15, 0.2) is 0 Å². The molecular formula is C23H30FN3O. The number of nitrogens with one attached hydrogen (secondary N) is 2. The Kier molecular flexibility index (Phi) is 7.85. The summed E-state index contributed by atoms with van der Waals surface area (Å²) in [6.07, 6.45) is 5.92. The van der Waals surface area contributed by atoms with Gasteiger partial charge in [-0.05, 0) is 80.9 Å². The van der Waals surface area contributed by atoms with Crippen molar-refractivity contribution in [2.45, 2.75) is 32.1 Å². The molecule has 150 valence electrons. The Balaban J connectivity index is 1.30. The van der Waals surface area contributed by atoms with Crippen LogP contribution >= 0.6 is 0 Å². The number of rotatable bonds is 8. The summed E-state index contributed by atoms with van der Waals surface area (Å²) in [6.45, 7) is 3.97. The van der Waals surface area contributed by atoms with Crippen LogP contribution in [0.1, 0.15) is 31.2 Å². The Morgan fingerprint density at radius 3 is 2.68 bits per heavy atom. The topological polar surface area (TPSA) is 44.4 Å². The molecule has 0 aromatic heterocycles. The second kappa shape index (κ2) is 10.8. The van der Waals surface area contributed by atoms with Crippen LogP contribution in [0.5, 0.6) is 0 Å². The van der Waals surface area contributed by atoms with Crippen LogP contribution in [0.25, 0.3) is 0 Å². The molecule has 3 rings (SSSR count). The number of carbonyl (C=O) groups excluding carboxylic acids is 1. The minimum Gasteiger partial charge on any atom is -0.338 e. The predicted molar refractivity (Wildman–Crippen MR) is 112 cm³/mol. The second-order valence-corrected chi connectivity index (χ2v) is 7.57. The van der Waals surface area contributed by atoms with Crippen molar-refractivity contribution in [1.82, 2.24) is 10.2 Å². The highest BCUT2D eigenvalue weighted by molar-refractivity contribution is 5.89. The zero-order valence-corrected chi connectivity index (χ0v) is 16.4. The van der Waals surface area contributed by atoms with Crippen LogP contribution in [0.4, 0.5) is 14.9 Å². The monoisotopic (exact) mass is 383 g/mol. The smallest absolute Gasteiger partial charge is 0.319 e. The number of anilines is 1. The molecule has 0 saturated carbocycles. The maximum absolute atomic E-state index is 12.9. The number of benzene rings is 2. The van der Waals surface area contributed by atoms with E-state index in [2.05, 4.69) is 45.9 Å². The highest BCUT2D eigenvalue weighted by atomic mass is 19.1. The molecule has 2 amide bonds. The number of urea groups is 1. The quantitative estimate of drug-likeness (QED) is 0.650. The third-order valence-corrected chi connectivity index (χ3v) is 5.33. The van der Waals surface area contributed by atoms with Gasteiger partial charge in [-0.25, -0.2) is 9.18 Å². The molecule has 1 heterocycles. The summed E-state index contributed by atoms with van der Waals surface area (Å²) in [4.78, 5) is 14.4. The lowest BCUT2D eigenvalue weighted by Gasteiger charge is -2.32. The minimum atomic E-state index is -0.311. The van der Waals surface area contributed by atoms with E-state index in [0.29, 0.717) is 12.2 Å². The number of halogens is 1. The van der Waals surface area contributed by atoms with E-state index in [1.807, 2.05) is 0 Å². The van der Waals surface area contributed by atoms with E-state index in [9.17, 15) is 9.18 Å². The van der Waals surface area contributed by atoms with Gasteiger partial charge in [0, 0.05) is 18.8 Å². The largest absolute Gasteiger partial charge is 0.338 e. The number of hydrogen-bond acceptors (Lipinski definition) is 2. The van der Waals surface area contributed by atoms with E-state index in [1.165, 1.54) is 37.0 Å². The maximum atomic E-state index is 12.9. The Bertz CT molecular complexity index is 720. The molecule has 28 heavy (non-hydrogen) atoms. The summed E-state index contributed by atoms with van der Waals surface area (Å²) in [5, 5.41) is 5.59. The van der Waals surface area contributed by atoms with Crippen molar-refractivity contribution in [3.63, 3.8) is 0 Å². The van der Waals surface area contributed by atoms with Crippen molar-refractivity contribution in [2.75, 3.05) is 31.5 Å². The van der Waals surface area contributed by atoms with Gasteiger partial charge in [-0.2, -0.15) is 0 Å². The molecule has 2 aromatic carbocycles. The summed E-state index contributed by atoms with van der Waals surface area (Å²) in [6, 6.07) is 16.2. The van der Waals surface area contributed by atoms with Gasteiger partial charge in [0.05, 0.1) is 0 Å². The summed E-state index contributed by atoms with van der Waals surface area (Å²) in [5.41, 5.74) is 2.02. The summed E-state index contributed by atoms with van der Waals surface area (Å²) in [7, 11) is 0. The zero-order chi connectivity index (χ0) is 19.6. The van der Waals surface area contributed by atoms with Gasteiger partial charge in [0.2, 0.25) is 0 Å². The van der Waals surface area contributed by atoms with Crippen molar-refractivity contribution in [2.24, 2.45) is 5.92 Å². The third-order valence-electron chi connectivity index (χ3n) is 5.33. The molecule has 1 aliphatic rings. The summed E-state index contributed by atoms with van der Waals surface area (Å²) < 4.78 is 12.9. The van der Waals surface area contributed by atoms with Crippen molar-refractivity contribution in [3.05, 3.63) is 66.0 Å². The highest BCUT2D eigenvalue weighted by Crippen LogP contribution is 2.21. The fourth-order valence-corrected chi connectivity index (χ4v) is 3.82. The minimum absolute atomic E-state index is 0.244. The first-order chi connectivity index (χ1) is 13.7. The van der Waals surface area contributed by atoms with Gasteiger partial charge in [-0.15, -0.1) is 0 Å². The van der Waals surface area contributed by atoms with E-state index in [-0.39, 0.29) is 11.8 Å². The lowest BCUT2D eigenvalue weighted by atomic mass is 9.91. The van der Waals surface area contributed by atoms with Gasteiger partial charge < -0.3 is 15.5 Å². The molecule has 2 N–H and O–H groups in total. The lowest BCUT2D eigenvalue weighted by molar-refractivity contribution is 0.167. The first-order valence-corrected chi connectivity index (χ1v) is 10.3. The van der Waals surface area contributed by atoms with Gasteiger partial charge in [-0.1, -0.05) is 30.3 Å². The zero-order valence-electron chi connectivity index (χ0n) is 16.4. The van der Waals surface area contributed by atoms with Crippen molar-refractivity contribution in [1.29, 1.82) is 0 Å². The molecule has 0 aliphatic carbocycles. The van der Waals surface area contributed by atoms with Crippen LogP contribution in [0.3, 0.4) is 0 Å². The normalized spacial score (nSPS) is 17.2. The Morgan fingerprint density at radius 1 is 1.11 bits per heavy atom. The van der Waals surface area contributed by atoms with Crippen LogP contribution in [0, 0.1) is 11.7 Å². The van der Waals surface area contributed by atoms with E-state index >= 15 is 0 Å². The molecular weight excluding hydrogens is 353 g/mol.